The number of carbonyl (C=O) groups excluding carboxylic acids is 3. The lowest BCUT2D eigenvalue weighted by molar-refractivity contribution is -0.144. The van der Waals surface area contributed by atoms with Crippen molar-refractivity contribution >= 4 is 23.7 Å². The molecular formula is C24H42N6O5. The van der Waals surface area contributed by atoms with Crippen molar-refractivity contribution in [2.24, 2.45) is 23.5 Å². The summed E-state index contributed by atoms with van der Waals surface area (Å²) >= 11 is 0. The van der Waals surface area contributed by atoms with E-state index in [0.717, 1.165) is 0 Å². The van der Waals surface area contributed by atoms with Crippen LogP contribution in [-0.2, 0) is 25.6 Å². The van der Waals surface area contributed by atoms with Crippen LogP contribution < -0.4 is 21.7 Å². The molecule has 198 valence electrons. The number of hydrogen-bond donors (Lipinski definition) is 6. The highest BCUT2D eigenvalue weighted by atomic mass is 16.4. The predicted molar refractivity (Wildman–Crippen MR) is 132 cm³/mol. The number of carboxylic acids is 1. The Morgan fingerprint density at radius 1 is 0.886 bits per heavy atom. The molecular weight excluding hydrogens is 452 g/mol. The van der Waals surface area contributed by atoms with Crippen LogP contribution in [0.25, 0.3) is 0 Å². The van der Waals surface area contributed by atoms with Gasteiger partial charge in [-0.15, -0.1) is 0 Å². The van der Waals surface area contributed by atoms with Crippen LogP contribution >= 0.6 is 0 Å². The van der Waals surface area contributed by atoms with Gasteiger partial charge in [0.1, 0.15) is 18.1 Å². The number of nitrogens with two attached hydrogens (primary N) is 1. The molecule has 0 aromatic carbocycles. The van der Waals surface area contributed by atoms with Gasteiger partial charge >= 0.3 is 5.97 Å². The van der Waals surface area contributed by atoms with Crippen molar-refractivity contribution in [3.05, 3.63) is 18.2 Å². The van der Waals surface area contributed by atoms with Crippen molar-refractivity contribution < 1.29 is 24.3 Å². The van der Waals surface area contributed by atoms with Gasteiger partial charge in [-0.25, -0.2) is 9.78 Å². The highest BCUT2D eigenvalue weighted by Crippen LogP contribution is 2.13. The zero-order valence-electron chi connectivity index (χ0n) is 21.6. The molecule has 35 heavy (non-hydrogen) atoms. The Morgan fingerprint density at radius 3 is 1.91 bits per heavy atom. The van der Waals surface area contributed by atoms with E-state index in [9.17, 15) is 24.3 Å². The largest absolute Gasteiger partial charge is 0.480 e. The van der Waals surface area contributed by atoms with Crippen molar-refractivity contribution in [2.75, 3.05) is 0 Å². The SMILES string of the molecule is CCC(C)C(N)C(=O)NC(C(=O)NC(Cc1cnc[nH]1)C(=O)NC(C(=O)O)C(C)CC)C(C)CC. The third-order valence-corrected chi connectivity index (χ3v) is 6.74. The van der Waals surface area contributed by atoms with Crippen LogP contribution in [0.3, 0.4) is 0 Å². The van der Waals surface area contributed by atoms with Crippen molar-refractivity contribution in [2.45, 2.75) is 91.4 Å². The van der Waals surface area contributed by atoms with E-state index in [2.05, 4.69) is 25.9 Å². The number of aromatic nitrogens is 2. The van der Waals surface area contributed by atoms with Gasteiger partial charge in [-0.3, -0.25) is 14.4 Å². The summed E-state index contributed by atoms with van der Waals surface area (Å²) in [5.41, 5.74) is 6.64. The summed E-state index contributed by atoms with van der Waals surface area (Å²) in [4.78, 5) is 57.7. The number of nitrogens with one attached hydrogen (secondary N) is 4. The van der Waals surface area contributed by atoms with Crippen molar-refractivity contribution in [3.8, 4) is 0 Å². The maximum atomic E-state index is 13.3. The van der Waals surface area contributed by atoms with Crippen LogP contribution in [0.15, 0.2) is 12.5 Å². The van der Waals surface area contributed by atoms with Gasteiger partial charge in [0.05, 0.1) is 12.4 Å². The number of nitrogens with zero attached hydrogens (tertiary/aromatic N) is 1. The monoisotopic (exact) mass is 494 g/mol. The maximum Gasteiger partial charge on any atom is 0.326 e. The summed E-state index contributed by atoms with van der Waals surface area (Å²) in [5.74, 6) is -3.37. The molecule has 0 radical (unpaired) electrons. The van der Waals surface area contributed by atoms with E-state index in [0.29, 0.717) is 25.0 Å². The third-order valence-electron chi connectivity index (χ3n) is 6.74. The van der Waals surface area contributed by atoms with Crippen LogP contribution in [0, 0.1) is 17.8 Å². The van der Waals surface area contributed by atoms with E-state index in [1.54, 1.807) is 6.92 Å². The quantitative estimate of drug-likeness (QED) is 0.210. The van der Waals surface area contributed by atoms with Crippen molar-refractivity contribution in [3.63, 3.8) is 0 Å². The Morgan fingerprint density at radius 2 is 1.43 bits per heavy atom. The third kappa shape index (κ3) is 8.97. The van der Waals surface area contributed by atoms with Gasteiger partial charge < -0.3 is 31.8 Å². The fourth-order valence-corrected chi connectivity index (χ4v) is 3.49. The summed E-state index contributed by atoms with van der Waals surface area (Å²) in [7, 11) is 0. The van der Waals surface area contributed by atoms with Crippen LogP contribution in [0.2, 0.25) is 0 Å². The zero-order chi connectivity index (χ0) is 26.7. The van der Waals surface area contributed by atoms with E-state index in [1.807, 2.05) is 34.6 Å². The standard InChI is InChI=1S/C24H42N6O5/c1-7-13(4)18(25)22(32)29-19(14(5)8-2)23(33)28-17(10-16-11-26-12-27-16)21(31)30-20(24(34)35)15(6)9-3/h11-15,17-20H,7-10,25H2,1-6H3,(H,26,27)(H,28,33)(H,29,32)(H,30,31)(H,34,35). The van der Waals surface area contributed by atoms with E-state index in [4.69, 9.17) is 5.73 Å². The molecule has 1 aromatic heterocycles. The lowest BCUT2D eigenvalue weighted by Gasteiger charge is -2.29. The van der Waals surface area contributed by atoms with E-state index in [1.165, 1.54) is 12.5 Å². The second-order valence-corrected chi connectivity index (χ2v) is 9.34. The van der Waals surface area contributed by atoms with Crippen molar-refractivity contribution in [1.29, 1.82) is 0 Å². The Bertz CT molecular complexity index is 830. The number of rotatable bonds is 15. The molecule has 7 atom stereocenters. The van der Waals surface area contributed by atoms with Gasteiger partial charge in [0, 0.05) is 18.3 Å². The minimum atomic E-state index is -1.15. The summed E-state index contributed by atoms with van der Waals surface area (Å²) in [6.07, 6.45) is 4.90. The Balaban J connectivity index is 3.13. The Labute approximate surface area is 207 Å². The number of aliphatic carboxylic acids is 1. The fraction of sp³-hybridized carbons (Fsp3) is 0.708. The molecule has 1 heterocycles. The topological polar surface area (TPSA) is 179 Å². The minimum absolute atomic E-state index is 0.0666. The average molecular weight is 495 g/mol. The minimum Gasteiger partial charge on any atom is -0.480 e. The van der Waals surface area contributed by atoms with Crippen molar-refractivity contribution in [1.82, 2.24) is 25.9 Å². The van der Waals surface area contributed by atoms with Gasteiger partial charge in [-0.2, -0.15) is 0 Å². The number of carbonyl (C=O) groups is 4. The molecule has 11 heteroatoms. The normalized spacial score (nSPS) is 17.2. The maximum absolute atomic E-state index is 13.3. The van der Waals surface area contributed by atoms with Crippen LogP contribution in [0.1, 0.15) is 66.5 Å². The molecule has 0 bridgehead atoms. The van der Waals surface area contributed by atoms with Crippen LogP contribution in [0.5, 0.6) is 0 Å². The molecule has 11 nitrogen and oxygen atoms in total. The second kappa shape index (κ2) is 14.4. The molecule has 0 aliphatic heterocycles. The number of H-pyrrole nitrogens is 1. The molecule has 7 unspecified atom stereocenters. The van der Waals surface area contributed by atoms with Crippen LogP contribution in [0.4, 0.5) is 0 Å². The number of aromatic amines is 1. The fourth-order valence-electron chi connectivity index (χ4n) is 3.49. The van der Waals surface area contributed by atoms with Gasteiger partial charge in [0.25, 0.3) is 0 Å². The molecule has 0 spiro atoms. The molecule has 0 aliphatic rings. The molecule has 1 rings (SSSR count). The Hall–Kier alpha value is -2.95. The highest BCUT2D eigenvalue weighted by molar-refractivity contribution is 5.94. The molecule has 0 saturated carbocycles. The molecule has 0 aliphatic carbocycles. The average Bonchev–Trinajstić information content (AvgIpc) is 3.35. The first kappa shape index (κ1) is 30.1. The summed E-state index contributed by atoms with van der Waals surface area (Å²) in [5, 5.41) is 17.6. The van der Waals surface area contributed by atoms with Crippen LogP contribution in [-0.4, -0.2) is 62.9 Å². The summed E-state index contributed by atoms with van der Waals surface area (Å²) in [6.45, 7) is 11.1. The number of hydrogen-bond acceptors (Lipinski definition) is 6. The lowest BCUT2D eigenvalue weighted by Crippen LogP contribution is -2.60. The van der Waals surface area contributed by atoms with Gasteiger partial charge in [0.15, 0.2) is 0 Å². The first-order valence-electron chi connectivity index (χ1n) is 12.3. The van der Waals surface area contributed by atoms with E-state index >= 15 is 0 Å². The molecule has 0 saturated heterocycles. The smallest absolute Gasteiger partial charge is 0.326 e. The van der Waals surface area contributed by atoms with E-state index < -0.39 is 47.9 Å². The number of imidazole rings is 1. The predicted octanol–water partition coefficient (Wildman–Crippen LogP) is 0.957. The molecule has 1 aromatic rings. The first-order valence-corrected chi connectivity index (χ1v) is 12.3. The number of carboxylic acid groups (broad SMARTS) is 1. The van der Waals surface area contributed by atoms with E-state index in [-0.39, 0.29) is 24.2 Å². The Kier molecular flexibility index (Phi) is 12.4. The molecule has 7 N–H and O–H groups in total. The first-order chi connectivity index (χ1) is 16.5. The summed E-state index contributed by atoms with van der Waals surface area (Å²) in [6, 6.07) is -3.87. The summed E-state index contributed by atoms with van der Waals surface area (Å²) < 4.78 is 0. The number of amides is 3. The van der Waals surface area contributed by atoms with Gasteiger partial charge in [0.2, 0.25) is 17.7 Å². The zero-order valence-corrected chi connectivity index (χ0v) is 21.6. The second-order valence-electron chi connectivity index (χ2n) is 9.34. The lowest BCUT2D eigenvalue weighted by atomic mass is 9.95. The molecule has 3 amide bonds. The van der Waals surface area contributed by atoms with Gasteiger partial charge in [-0.05, 0) is 17.8 Å². The highest BCUT2D eigenvalue weighted by Gasteiger charge is 2.34. The van der Waals surface area contributed by atoms with Gasteiger partial charge in [-0.1, -0.05) is 60.8 Å². The molecule has 0 fully saturated rings.